The molecular formula is C12H19BN2O. The van der Waals surface area contributed by atoms with Crippen LogP contribution in [0, 0.1) is 6.92 Å². The number of benzene rings is 1. The first-order chi connectivity index (χ1) is 7.53. The van der Waals surface area contributed by atoms with E-state index in [1.165, 1.54) is 5.56 Å². The van der Waals surface area contributed by atoms with E-state index in [9.17, 15) is 4.70 Å². The van der Waals surface area contributed by atoms with Crippen LogP contribution in [0.25, 0.3) is 0 Å². The van der Waals surface area contributed by atoms with Crippen molar-refractivity contribution in [2.24, 2.45) is 0 Å². The predicted octanol–water partition coefficient (Wildman–Crippen LogP) is 1.78. The van der Waals surface area contributed by atoms with Gasteiger partial charge in [-0.15, -0.1) is 0 Å². The van der Waals surface area contributed by atoms with E-state index in [0.717, 1.165) is 19.4 Å². The molecule has 0 aromatic heterocycles. The monoisotopic (exact) mass is 218 g/mol. The third kappa shape index (κ3) is 4.58. The van der Waals surface area contributed by atoms with Gasteiger partial charge in [-0.2, -0.15) is 0 Å². The Labute approximate surface area is 97.9 Å². The second-order valence-electron chi connectivity index (χ2n) is 4.65. The van der Waals surface area contributed by atoms with Crippen LogP contribution in [0.1, 0.15) is 19.4 Å². The third-order valence-corrected chi connectivity index (χ3v) is 2.45. The Bertz CT molecular complexity index is 335. The van der Waals surface area contributed by atoms with E-state index in [0.29, 0.717) is 6.44 Å². The summed E-state index contributed by atoms with van der Waals surface area (Å²) in [5, 5.41) is 6.50. The molecule has 3 nitrogen and oxygen atoms in total. The predicted molar refractivity (Wildman–Crippen MR) is 68.2 cm³/mol. The molecule has 0 bridgehead atoms. The van der Waals surface area contributed by atoms with Gasteiger partial charge in [0.25, 0.3) is 0 Å². The summed E-state index contributed by atoms with van der Waals surface area (Å²) in [6.45, 7) is 6.98. The fourth-order valence-corrected chi connectivity index (χ4v) is 1.37. The van der Waals surface area contributed by atoms with Crippen LogP contribution in [-0.4, -0.2) is 25.7 Å². The fourth-order valence-electron chi connectivity index (χ4n) is 1.37. The minimum absolute atomic E-state index is 0.0915. The average molecular weight is 218 g/mol. The van der Waals surface area contributed by atoms with Crippen molar-refractivity contribution in [1.29, 1.82) is 0 Å². The van der Waals surface area contributed by atoms with Crippen molar-refractivity contribution in [3.05, 3.63) is 29.8 Å². The molecule has 0 aliphatic carbocycles. The van der Waals surface area contributed by atoms with E-state index in [2.05, 4.69) is 55.7 Å². The molecular weight excluding hydrogens is 199 g/mol. The van der Waals surface area contributed by atoms with E-state index in [1.807, 2.05) is 0 Å². The van der Waals surface area contributed by atoms with Crippen LogP contribution in [0.4, 0.5) is 5.69 Å². The van der Waals surface area contributed by atoms with Gasteiger partial charge in [0.2, 0.25) is 0 Å². The second kappa shape index (κ2) is 5.80. The van der Waals surface area contributed by atoms with Crippen molar-refractivity contribution < 1.29 is 4.70 Å². The number of hydrogen-bond donors (Lipinski definition) is 2. The van der Waals surface area contributed by atoms with E-state index >= 15 is 0 Å². The van der Waals surface area contributed by atoms with Crippen molar-refractivity contribution in [3.63, 3.8) is 0 Å². The van der Waals surface area contributed by atoms with Gasteiger partial charge in [0.1, 0.15) is 0 Å². The molecule has 0 radical (unpaired) electrons. The van der Waals surface area contributed by atoms with Crippen LogP contribution in [0.15, 0.2) is 24.3 Å². The Kier molecular flexibility index (Phi) is 4.68. The molecule has 0 saturated heterocycles. The SMILES string of the molecule is Cc1ccc(NCC(C)(C)NCB=O)cc1. The standard InChI is InChI=1S/C12H19BN2O/c1-10-4-6-11(7-5-10)14-8-12(2,3)15-9-13-16/h4-7,14-15H,8-9H2,1-3H3. The summed E-state index contributed by atoms with van der Waals surface area (Å²) in [5.41, 5.74) is 2.27. The minimum atomic E-state index is -0.0915. The van der Waals surface area contributed by atoms with Crippen molar-refractivity contribution in [1.82, 2.24) is 5.32 Å². The molecule has 1 aromatic rings. The summed E-state index contributed by atoms with van der Waals surface area (Å²) in [5.74, 6) is 0. The summed E-state index contributed by atoms with van der Waals surface area (Å²) in [6.07, 6.45) is 0.391. The topological polar surface area (TPSA) is 41.1 Å². The summed E-state index contributed by atoms with van der Waals surface area (Å²) >= 11 is 0. The van der Waals surface area contributed by atoms with Crippen LogP contribution in [0.2, 0.25) is 0 Å². The number of anilines is 1. The summed E-state index contributed by atoms with van der Waals surface area (Å²) in [4.78, 5) is 0. The molecule has 4 heteroatoms. The summed E-state index contributed by atoms with van der Waals surface area (Å²) < 4.78 is 10.3. The number of hydrogen-bond acceptors (Lipinski definition) is 3. The Morgan fingerprint density at radius 1 is 1.25 bits per heavy atom. The Hall–Kier alpha value is -1.16. The van der Waals surface area contributed by atoms with Crippen LogP contribution in [0.3, 0.4) is 0 Å². The normalized spacial score (nSPS) is 10.9. The van der Waals surface area contributed by atoms with Gasteiger partial charge in [-0.05, 0) is 0 Å². The molecule has 0 heterocycles. The summed E-state index contributed by atoms with van der Waals surface area (Å²) in [6, 6.07) is 8.28. The maximum atomic E-state index is 10.3. The van der Waals surface area contributed by atoms with Gasteiger partial charge < -0.3 is 0 Å². The van der Waals surface area contributed by atoms with Crippen LogP contribution in [-0.2, 0) is 4.70 Å². The average Bonchev–Trinajstić information content (AvgIpc) is 2.26. The number of rotatable bonds is 6. The van der Waals surface area contributed by atoms with Crippen molar-refractivity contribution in [2.45, 2.75) is 26.3 Å². The first-order valence-electron chi connectivity index (χ1n) is 5.53. The number of nitrogens with one attached hydrogen (secondary N) is 2. The quantitative estimate of drug-likeness (QED) is 0.715. The van der Waals surface area contributed by atoms with E-state index < -0.39 is 0 Å². The first-order valence-corrected chi connectivity index (χ1v) is 5.53. The molecule has 0 spiro atoms. The van der Waals surface area contributed by atoms with Crippen LogP contribution >= 0.6 is 0 Å². The van der Waals surface area contributed by atoms with E-state index in [-0.39, 0.29) is 5.54 Å². The zero-order valence-electron chi connectivity index (χ0n) is 10.2. The molecule has 1 aromatic carbocycles. The Morgan fingerprint density at radius 3 is 2.44 bits per heavy atom. The molecule has 16 heavy (non-hydrogen) atoms. The van der Waals surface area contributed by atoms with Gasteiger partial charge in [-0.25, -0.2) is 0 Å². The molecule has 0 saturated carbocycles. The van der Waals surface area contributed by atoms with Crippen molar-refractivity contribution in [3.8, 4) is 0 Å². The van der Waals surface area contributed by atoms with E-state index in [4.69, 9.17) is 0 Å². The van der Waals surface area contributed by atoms with Gasteiger partial charge in [-0.1, -0.05) is 0 Å². The van der Waals surface area contributed by atoms with Gasteiger partial charge >= 0.3 is 97.3 Å². The zero-order valence-corrected chi connectivity index (χ0v) is 10.2. The second-order valence-corrected chi connectivity index (χ2v) is 4.65. The van der Waals surface area contributed by atoms with Gasteiger partial charge in [0.15, 0.2) is 0 Å². The van der Waals surface area contributed by atoms with Crippen molar-refractivity contribution >= 4 is 12.8 Å². The van der Waals surface area contributed by atoms with Gasteiger partial charge in [0, 0.05) is 0 Å². The van der Waals surface area contributed by atoms with Crippen LogP contribution < -0.4 is 10.6 Å². The fraction of sp³-hybridized carbons (Fsp3) is 0.500. The molecule has 0 atom stereocenters. The molecule has 0 fully saturated rings. The van der Waals surface area contributed by atoms with Gasteiger partial charge in [-0.3, -0.25) is 0 Å². The molecule has 0 aliphatic rings. The maximum absolute atomic E-state index is 10.3. The van der Waals surface area contributed by atoms with Crippen LogP contribution in [0.5, 0.6) is 0 Å². The van der Waals surface area contributed by atoms with E-state index in [1.54, 1.807) is 0 Å². The third-order valence-electron chi connectivity index (χ3n) is 2.45. The molecule has 0 unspecified atom stereocenters. The Morgan fingerprint density at radius 2 is 1.88 bits per heavy atom. The molecule has 1 rings (SSSR count). The zero-order chi connectivity index (χ0) is 12.0. The van der Waals surface area contributed by atoms with Crippen molar-refractivity contribution in [2.75, 3.05) is 18.3 Å². The molecule has 2 N–H and O–H groups in total. The molecule has 86 valence electrons. The number of aryl methyl sites for hydroxylation is 1. The Balaban J connectivity index is 2.44. The molecule has 0 amide bonds. The summed E-state index contributed by atoms with van der Waals surface area (Å²) in [7, 11) is 0.883. The van der Waals surface area contributed by atoms with Gasteiger partial charge in [0.05, 0.1) is 0 Å². The first kappa shape index (κ1) is 12.9. The molecule has 0 aliphatic heterocycles.